The van der Waals surface area contributed by atoms with Crippen molar-refractivity contribution in [2.24, 2.45) is 0 Å². The molecule has 0 N–H and O–H groups in total. The van der Waals surface area contributed by atoms with Gasteiger partial charge in [-0.3, -0.25) is 0 Å². The van der Waals surface area contributed by atoms with Gasteiger partial charge in [0.2, 0.25) is 0 Å². The second-order valence-electron chi connectivity index (χ2n) is 5.09. The van der Waals surface area contributed by atoms with Crippen LogP contribution in [0, 0.1) is 11.3 Å². The summed E-state index contributed by atoms with van der Waals surface area (Å²) in [5.74, 6) is 0.0220. The minimum atomic E-state index is -0.659. The Morgan fingerprint density at radius 1 is 1.42 bits per heavy atom. The minimum absolute atomic E-state index is 0.114. The van der Waals surface area contributed by atoms with Crippen molar-refractivity contribution in [3.8, 4) is 11.8 Å². The van der Waals surface area contributed by atoms with Crippen LogP contribution in [0.2, 0.25) is 5.15 Å². The number of ether oxygens (including phenoxy) is 2. The molecule has 2 aromatic rings. The molecule has 124 valence electrons. The van der Waals surface area contributed by atoms with E-state index < -0.39 is 5.97 Å². The molecule has 0 aliphatic heterocycles. The second kappa shape index (κ2) is 8.32. The molecule has 0 saturated carbocycles. The Bertz CT molecular complexity index is 825. The zero-order valence-electron chi connectivity index (χ0n) is 13.5. The average Bonchev–Trinajstić information content (AvgIpc) is 2.59. The Kier molecular flexibility index (Phi) is 6.16. The number of halogens is 1. The standard InChI is InChI=1S/C18H17ClN2O3/c1-3-4-7-24-18(22)14(11-20)9-13-8-12-10-15(23-2)5-6-16(12)21-17(13)19/h5-6,8-10H,3-4,7H2,1-2H3/b14-9+. The molecule has 2 rings (SSSR count). The lowest BCUT2D eigenvalue weighted by atomic mass is 10.1. The number of aromatic nitrogens is 1. The quantitative estimate of drug-likeness (QED) is 0.259. The van der Waals surface area contributed by atoms with Gasteiger partial charge in [-0.2, -0.15) is 5.26 Å². The van der Waals surface area contributed by atoms with Crippen LogP contribution >= 0.6 is 11.6 Å². The molecular formula is C18H17ClN2O3. The van der Waals surface area contributed by atoms with E-state index >= 15 is 0 Å². The van der Waals surface area contributed by atoms with Gasteiger partial charge in [0.05, 0.1) is 19.2 Å². The van der Waals surface area contributed by atoms with E-state index in [4.69, 9.17) is 21.1 Å². The SMILES string of the molecule is CCCCOC(=O)/C(C#N)=C/c1cc2cc(OC)ccc2nc1Cl. The number of methoxy groups -OCH3 is 1. The summed E-state index contributed by atoms with van der Waals surface area (Å²) in [6.07, 6.45) is 3.05. The Morgan fingerprint density at radius 3 is 2.88 bits per heavy atom. The molecule has 0 aliphatic carbocycles. The van der Waals surface area contributed by atoms with Gasteiger partial charge in [0, 0.05) is 10.9 Å². The molecule has 5 nitrogen and oxygen atoms in total. The molecule has 0 unspecified atom stereocenters. The predicted octanol–water partition coefficient (Wildman–Crippen LogP) is 4.15. The third-order valence-corrected chi connectivity index (χ3v) is 3.68. The lowest BCUT2D eigenvalue weighted by molar-refractivity contribution is -0.138. The molecule has 0 fully saturated rings. The van der Waals surface area contributed by atoms with Gasteiger partial charge in [0.25, 0.3) is 0 Å². The van der Waals surface area contributed by atoms with Gasteiger partial charge in [-0.1, -0.05) is 24.9 Å². The first-order valence-electron chi connectivity index (χ1n) is 7.52. The summed E-state index contributed by atoms with van der Waals surface area (Å²) in [6, 6.07) is 8.99. The van der Waals surface area contributed by atoms with Crippen LogP contribution in [0.1, 0.15) is 25.3 Å². The van der Waals surface area contributed by atoms with E-state index in [0.717, 1.165) is 18.2 Å². The number of esters is 1. The van der Waals surface area contributed by atoms with Crippen molar-refractivity contribution in [1.29, 1.82) is 5.26 Å². The van der Waals surface area contributed by atoms with E-state index in [0.29, 0.717) is 16.8 Å². The smallest absolute Gasteiger partial charge is 0.348 e. The number of pyridine rings is 1. The largest absolute Gasteiger partial charge is 0.497 e. The van der Waals surface area contributed by atoms with Crippen molar-refractivity contribution in [3.63, 3.8) is 0 Å². The number of hydrogen-bond acceptors (Lipinski definition) is 5. The van der Waals surface area contributed by atoms with Crippen LogP contribution in [0.15, 0.2) is 29.8 Å². The first kappa shape index (κ1) is 17.8. The fourth-order valence-corrected chi connectivity index (χ4v) is 2.26. The Labute approximate surface area is 145 Å². The van der Waals surface area contributed by atoms with Gasteiger partial charge in [-0.15, -0.1) is 0 Å². The highest BCUT2D eigenvalue weighted by molar-refractivity contribution is 6.31. The van der Waals surface area contributed by atoms with Gasteiger partial charge in [0.1, 0.15) is 22.5 Å². The maximum Gasteiger partial charge on any atom is 0.348 e. The van der Waals surface area contributed by atoms with E-state index in [9.17, 15) is 10.1 Å². The number of nitrogens with zero attached hydrogens (tertiary/aromatic N) is 2. The summed E-state index contributed by atoms with van der Waals surface area (Å²) in [5.41, 5.74) is 1.06. The molecule has 1 aromatic carbocycles. The predicted molar refractivity (Wildman–Crippen MR) is 92.8 cm³/mol. The zero-order valence-corrected chi connectivity index (χ0v) is 14.3. The summed E-state index contributed by atoms with van der Waals surface area (Å²) >= 11 is 6.16. The molecule has 0 spiro atoms. The molecular weight excluding hydrogens is 328 g/mol. The van der Waals surface area contributed by atoms with Crippen LogP contribution in [0.3, 0.4) is 0 Å². The van der Waals surface area contributed by atoms with Gasteiger partial charge >= 0.3 is 5.97 Å². The molecule has 1 heterocycles. The number of carbonyl (C=O) groups is 1. The summed E-state index contributed by atoms with van der Waals surface area (Å²) in [5, 5.41) is 10.2. The Hall–Kier alpha value is -2.58. The van der Waals surface area contributed by atoms with E-state index in [-0.39, 0.29) is 17.3 Å². The van der Waals surface area contributed by atoms with E-state index in [1.807, 2.05) is 19.1 Å². The van der Waals surface area contributed by atoms with Crippen LogP contribution in [-0.4, -0.2) is 24.7 Å². The summed E-state index contributed by atoms with van der Waals surface area (Å²) in [4.78, 5) is 16.2. The molecule has 0 saturated heterocycles. The fraction of sp³-hybridized carbons (Fsp3) is 0.278. The van der Waals surface area contributed by atoms with Crippen LogP contribution < -0.4 is 4.74 Å². The van der Waals surface area contributed by atoms with Gasteiger partial charge in [-0.05, 0) is 36.8 Å². The van der Waals surface area contributed by atoms with Crippen molar-refractivity contribution < 1.29 is 14.3 Å². The lowest BCUT2D eigenvalue weighted by Crippen LogP contribution is -2.07. The Morgan fingerprint density at radius 2 is 2.21 bits per heavy atom. The lowest BCUT2D eigenvalue weighted by Gasteiger charge is -2.06. The van der Waals surface area contributed by atoms with Crippen LogP contribution in [-0.2, 0) is 9.53 Å². The van der Waals surface area contributed by atoms with Crippen LogP contribution in [0.25, 0.3) is 17.0 Å². The van der Waals surface area contributed by atoms with Crippen molar-refractivity contribution in [3.05, 3.63) is 40.6 Å². The molecule has 0 aliphatic rings. The first-order valence-corrected chi connectivity index (χ1v) is 7.90. The molecule has 0 bridgehead atoms. The normalized spacial score (nSPS) is 11.2. The number of nitriles is 1. The van der Waals surface area contributed by atoms with E-state index in [1.165, 1.54) is 6.08 Å². The van der Waals surface area contributed by atoms with E-state index in [1.54, 1.807) is 25.3 Å². The number of carbonyl (C=O) groups excluding carboxylic acids is 1. The minimum Gasteiger partial charge on any atom is -0.497 e. The zero-order chi connectivity index (χ0) is 17.5. The van der Waals surface area contributed by atoms with Crippen molar-refractivity contribution >= 4 is 34.5 Å². The molecule has 0 atom stereocenters. The number of rotatable bonds is 6. The number of hydrogen-bond donors (Lipinski definition) is 0. The maximum atomic E-state index is 11.9. The number of benzene rings is 1. The average molecular weight is 345 g/mol. The summed E-state index contributed by atoms with van der Waals surface area (Å²) in [6.45, 7) is 2.28. The van der Waals surface area contributed by atoms with Crippen LogP contribution in [0.4, 0.5) is 0 Å². The van der Waals surface area contributed by atoms with Crippen molar-refractivity contribution in [2.45, 2.75) is 19.8 Å². The molecule has 1 aromatic heterocycles. The highest BCUT2D eigenvalue weighted by atomic mass is 35.5. The highest BCUT2D eigenvalue weighted by Crippen LogP contribution is 2.26. The van der Waals surface area contributed by atoms with Crippen LogP contribution in [0.5, 0.6) is 5.75 Å². The number of unbranched alkanes of at least 4 members (excludes halogenated alkanes) is 1. The topological polar surface area (TPSA) is 72.2 Å². The second-order valence-corrected chi connectivity index (χ2v) is 5.44. The Balaban J connectivity index is 2.36. The third kappa shape index (κ3) is 4.24. The van der Waals surface area contributed by atoms with Gasteiger partial charge in [-0.25, -0.2) is 9.78 Å². The van der Waals surface area contributed by atoms with Gasteiger partial charge < -0.3 is 9.47 Å². The monoisotopic (exact) mass is 344 g/mol. The summed E-state index contributed by atoms with van der Waals surface area (Å²) in [7, 11) is 1.57. The van der Waals surface area contributed by atoms with Crippen molar-refractivity contribution in [2.75, 3.05) is 13.7 Å². The van der Waals surface area contributed by atoms with Gasteiger partial charge in [0.15, 0.2) is 0 Å². The molecule has 0 radical (unpaired) electrons. The number of fused-ring (bicyclic) bond motifs is 1. The third-order valence-electron chi connectivity index (χ3n) is 3.37. The molecule has 0 amide bonds. The maximum absolute atomic E-state index is 11.9. The first-order chi connectivity index (χ1) is 11.6. The molecule has 24 heavy (non-hydrogen) atoms. The molecule has 6 heteroatoms. The van der Waals surface area contributed by atoms with Crippen molar-refractivity contribution in [1.82, 2.24) is 4.98 Å². The summed E-state index contributed by atoms with van der Waals surface area (Å²) < 4.78 is 10.2. The fourth-order valence-electron chi connectivity index (χ4n) is 2.05. The highest BCUT2D eigenvalue weighted by Gasteiger charge is 2.13. The van der Waals surface area contributed by atoms with E-state index in [2.05, 4.69) is 4.98 Å².